The molecule has 0 heterocycles. The number of carboxylic acid groups (broad SMARTS) is 1. The van der Waals surface area contributed by atoms with Crippen LogP contribution in [0.2, 0.25) is 0 Å². The lowest BCUT2D eigenvalue weighted by atomic mass is 10.1. The number of nitrogens with zero attached hydrogens (tertiary/aromatic N) is 1. The minimum Gasteiger partial charge on any atom is -0.478 e. The first-order chi connectivity index (χ1) is 9.99. The van der Waals surface area contributed by atoms with Crippen molar-refractivity contribution < 1.29 is 14.7 Å². The van der Waals surface area contributed by atoms with Crippen molar-refractivity contribution >= 4 is 23.3 Å². The lowest BCUT2D eigenvalue weighted by molar-refractivity contribution is 0.0692. The second-order valence-corrected chi connectivity index (χ2v) is 4.75. The molecule has 5 heteroatoms. The molecule has 0 bridgehead atoms. The molecule has 0 radical (unpaired) electrons. The van der Waals surface area contributed by atoms with Crippen LogP contribution in [0.5, 0.6) is 0 Å². The van der Waals surface area contributed by atoms with Crippen LogP contribution in [0.4, 0.5) is 11.4 Å². The lowest BCUT2D eigenvalue weighted by Crippen LogP contribution is -2.16. The van der Waals surface area contributed by atoms with Gasteiger partial charge in [-0.25, -0.2) is 4.79 Å². The molecule has 2 rings (SSSR count). The molecule has 0 aliphatic rings. The number of carboxylic acids is 1. The molecule has 0 spiro atoms. The van der Waals surface area contributed by atoms with Gasteiger partial charge in [-0.1, -0.05) is 18.2 Å². The van der Waals surface area contributed by atoms with Crippen molar-refractivity contribution in [1.29, 1.82) is 0 Å². The van der Waals surface area contributed by atoms with E-state index in [2.05, 4.69) is 5.32 Å². The summed E-state index contributed by atoms with van der Waals surface area (Å²) in [5.41, 5.74) is 1.68. The molecule has 0 aliphatic heterocycles. The zero-order valence-electron chi connectivity index (χ0n) is 11.8. The summed E-state index contributed by atoms with van der Waals surface area (Å²) in [5, 5.41) is 11.8. The van der Waals surface area contributed by atoms with Crippen LogP contribution in [-0.2, 0) is 0 Å². The molecule has 21 heavy (non-hydrogen) atoms. The van der Waals surface area contributed by atoms with Crippen LogP contribution in [0.25, 0.3) is 0 Å². The van der Waals surface area contributed by atoms with Crippen LogP contribution in [-0.4, -0.2) is 31.1 Å². The topological polar surface area (TPSA) is 69.6 Å². The number of hydrogen-bond donors (Lipinski definition) is 2. The molecule has 0 aromatic heterocycles. The molecule has 0 atom stereocenters. The standard InChI is InChI=1S/C16H16N2O3/c1-18(2)12-7-5-6-11(10-12)17-15(19)13-8-3-4-9-14(13)16(20)21/h3-10H,1-2H3,(H,17,19)(H,20,21). The smallest absolute Gasteiger partial charge is 0.336 e. The molecule has 2 N–H and O–H groups in total. The number of nitrogens with one attached hydrogen (secondary N) is 1. The Morgan fingerprint density at radius 1 is 1.00 bits per heavy atom. The van der Waals surface area contributed by atoms with Gasteiger partial charge in [0.1, 0.15) is 0 Å². The summed E-state index contributed by atoms with van der Waals surface area (Å²) in [4.78, 5) is 25.3. The minimum absolute atomic E-state index is 0.0150. The van der Waals surface area contributed by atoms with Crippen LogP contribution < -0.4 is 10.2 Å². The minimum atomic E-state index is -1.12. The Morgan fingerprint density at radius 2 is 1.67 bits per heavy atom. The first kappa shape index (κ1) is 14.6. The van der Waals surface area contributed by atoms with E-state index in [1.165, 1.54) is 12.1 Å². The second-order valence-electron chi connectivity index (χ2n) is 4.75. The second kappa shape index (κ2) is 6.09. The molecule has 2 aromatic carbocycles. The van der Waals surface area contributed by atoms with Gasteiger partial charge in [-0.05, 0) is 30.3 Å². The number of amides is 1. The SMILES string of the molecule is CN(C)c1cccc(NC(=O)c2ccccc2C(=O)O)c1. The van der Waals surface area contributed by atoms with Crippen LogP contribution in [0, 0.1) is 0 Å². The average Bonchev–Trinajstić information content (AvgIpc) is 2.47. The highest BCUT2D eigenvalue weighted by molar-refractivity contribution is 6.10. The summed E-state index contributed by atoms with van der Waals surface area (Å²) >= 11 is 0. The Balaban J connectivity index is 2.26. The Bertz CT molecular complexity index is 681. The van der Waals surface area contributed by atoms with Crippen LogP contribution >= 0.6 is 0 Å². The fourth-order valence-corrected chi connectivity index (χ4v) is 1.93. The fraction of sp³-hybridized carbons (Fsp3) is 0.125. The van der Waals surface area contributed by atoms with Crippen LogP contribution in [0.1, 0.15) is 20.7 Å². The summed E-state index contributed by atoms with van der Waals surface area (Å²) in [6, 6.07) is 13.5. The van der Waals surface area contributed by atoms with Gasteiger partial charge < -0.3 is 15.3 Å². The molecular weight excluding hydrogens is 268 g/mol. The normalized spacial score (nSPS) is 10.0. The van der Waals surface area contributed by atoms with E-state index in [0.29, 0.717) is 5.69 Å². The third-order valence-electron chi connectivity index (χ3n) is 3.02. The van der Waals surface area contributed by atoms with Gasteiger partial charge in [0.2, 0.25) is 0 Å². The van der Waals surface area contributed by atoms with Gasteiger partial charge in [0, 0.05) is 25.5 Å². The van der Waals surface area contributed by atoms with Gasteiger partial charge in [-0.2, -0.15) is 0 Å². The monoisotopic (exact) mass is 284 g/mol. The van der Waals surface area contributed by atoms with E-state index in [9.17, 15) is 9.59 Å². The van der Waals surface area contributed by atoms with Crippen molar-refractivity contribution in [3.8, 4) is 0 Å². The van der Waals surface area contributed by atoms with E-state index in [-0.39, 0.29) is 11.1 Å². The zero-order chi connectivity index (χ0) is 15.4. The number of carbonyl (C=O) groups excluding carboxylic acids is 1. The van der Waals surface area contributed by atoms with E-state index in [0.717, 1.165) is 5.69 Å². The largest absolute Gasteiger partial charge is 0.478 e. The lowest BCUT2D eigenvalue weighted by Gasteiger charge is -2.14. The van der Waals surface area contributed by atoms with Gasteiger partial charge >= 0.3 is 5.97 Å². The van der Waals surface area contributed by atoms with Crippen molar-refractivity contribution in [2.24, 2.45) is 0 Å². The molecule has 5 nitrogen and oxygen atoms in total. The van der Waals surface area contributed by atoms with Crippen molar-refractivity contribution in [2.75, 3.05) is 24.3 Å². The maximum Gasteiger partial charge on any atom is 0.336 e. The summed E-state index contributed by atoms with van der Waals surface area (Å²) in [5.74, 6) is -1.56. The fourth-order valence-electron chi connectivity index (χ4n) is 1.93. The van der Waals surface area contributed by atoms with Gasteiger partial charge in [0.15, 0.2) is 0 Å². The van der Waals surface area contributed by atoms with Gasteiger partial charge in [0.25, 0.3) is 5.91 Å². The number of aromatic carboxylic acids is 1. The number of benzene rings is 2. The Kier molecular flexibility index (Phi) is 4.23. The highest BCUT2D eigenvalue weighted by Crippen LogP contribution is 2.19. The highest BCUT2D eigenvalue weighted by atomic mass is 16.4. The van der Waals surface area contributed by atoms with Gasteiger partial charge in [-0.3, -0.25) is 4.79 Å². The van der Waals surface area contributed by atoms with Crippen molar-refractivity contribution in [1.82, 2.24) is 0 Å². The third-order valence-corrected chi connectivity index (χ3v) is 3.02. The van der Waals surface area contributed by atoms with E-state index in [1.807, 2.05) is 37.2 Å². The third kappa shape index (κ3) is 3.39. The molecule has 0 unspecified atom stereocenters. The van der Waals surface area contributed by atoms with E-state index < -0.39 is 11.9 Å². The molecule has 0 aliphatic carbocycles. The molecule has 108 valence electrons. The average molecular weight is 284 g/mol. The predicted octanol–water partition coefficient (Wildman–Crippen LogP) is 2.70. The number of hydrogen-bond acceptors (Lipinski definition) is 3. The van der Waals surface area contributed by atoms with Crippen LogP contribution in [0.15, 0.2) is 48.5 Å². The summed E-state index contributed by atoms with van der Waals surface area (Å²) in [6.07, 6.45) is 0. The summed E-state index contributed by atoms with van der Waals surface area (Å²) in [6.45, 7) is 0. The van der Waals surface area contributed by atoms with E-state index in [1.54, 1.807) is 18.2 Å². The number of anilines is 2. The predicted molar refractivity (Wildman–Crippen MR) is 82.1 cm³/mol. The maximum atomic E-state index is 12.2. The van der Waals surface area contributed by atoms with Gasteiger partial charge in [0.05, 0.1) is 11.1 Å². The van der Waals surface area contributed by atoms with Crippen molar-refractivity contribution in [3.05, 3.63) is 59.7 Å². The van der Waals surface area contributed by atoms with E-state index in [4.69, 9.17) is 5.11 Å². The zero-order valence-corrected chi connectivity index (χ0v) is 11.8. The quantitative estimate of drug-likeness (QED) is 0.905. The summed E-state index contributed by atoms with van der Waals surface area (Å²) in [7, 11) is 3.81. The first-order valence-corrected chi connectivity index (χ1v) is 6.40. The first-order valence-electron chi connectivity index (χ1n) is 6.40. The van der Waals surface area contributed by atoms with Crippen molar-refractivity contribution in [2.45, 2.75) is 0 Å². The maximum absolute atomic E-state index is 12.2. The number of carbonyl (C=O) groups is 2. The molecular formula is C16H16N2O3. The highest BCUT2D eigenvalue weighted by Gasteiger charge is 2.15. The van der Waals surface area contributed by atoms with Crippen LogP contribution in [0.3, 0.4) is 0 Å². The van der Waals surface area contributed by atoms with Crippen molar-refractivity contribution in [3.63, 3.8) is 0 Å². The molecule has 1 amide bonds. The molecule has 0 saturated carbocycles. The Hall–Kier alpha value is -2.82. The van der Waals surface area contributed by atoms with Gasteiger partial charge in [-0.15, -0.1) is 0 Å². The Labute approximate surface area is 122 Å². The molecule has 0 saturated heterocycles. The Morgan fingerprint density at radius 3 is 2.29 bits per heavy atom. The molecule has 0 fully saturated rings. The summed E-state index contributed by atoms with van der Waals surface area (Å²) < 4.78 is 0. The molecule has 2 aromatic rings. The van der Waals surface area contributed by atoms with E-state index >= 15 is 0 Å². The number of rotatable bonds is 4.